The van der Waals surface area contributed by atoms with Crippen molar-refractivity contribution < 1.29 is 8.42 Å². The molecule has 100 valence electrons. The lowest BCUT2D eigenvalue weighted by atomic mass is 10.1. The molecule has 1 aliphatic heterocycles. The Morgan fingerprint density at radius 3 is 2.61 bits per heavy atom. The van der Waals surface area contributed by atoms with Gasteiger partial charge in [-0.05, 0) is 31.5 Å². The molecule has 1 fully saturated rings. The maximum absolute atomic E-state index is 12.3. The molecule has 18 heavy (non-hydrogen) atoms. The molecule has 0 aromatic heterocycles. The van der Waals surface area contributed by atoms with Crippen LogP contribution in [0.5, 0.6) is 0 Å². The van der Waals surface area contributed by atoms with Crippen LogP contribution < -0.4 is 5.32 Å². The topological polar surface area (TPSA) is 49.4 Å². The van der Waals surface area contributed by atoms with Gasteiger partial charge in [-0.25, -0.2) is 8.42 Å². The monoisotopic (exact) mass is 268 g/mol. The Morgan fingerprint density at radius 2 is 2.00 bits per heavy atom. The molecule has 1 aliphatic rings. The fraction of sp³-hybridized carbons (Fsp3) is 0.538. The lowest BCUT2D eigenvalue weighted by Gasteiger charge is -2.27. The molecule has 0 bridgehead atoms. The second kappa shape index (κ2) is 5.82. The van der Waals surface area contributed by atoms with E-state index in [9.17, 15) is 8.42 Å². The number of piperidine rings is 1. The summed E-state index contributed by atoms with van der Waals surface area (Å²) >= 11 is 0. The first-order valence-electron chi connectivity index (χ1n) is 6.35. The fourth-order valence-corrected chi connectivity index (χ4v) is 3.50. The zero-order valence-electron chi connectivity index (χ0n) is 10.7. The molecule has 0 spiro atoms. The Morgan fingerprint density at radius 1 is 1.28 bits per heavy atom. The molecule has 1 aromatic carbocycles. The third-order valence-corrected chi connectivity index (χ3v) is 5.18. The molecule has 1 heterocycles. The maximum Gasteiger partial charge on any atom is 0.242 e. The summed E-state index contributed by atoms with van der Waals surface area (Å²) in [6.45, 7) is 1.53. The summed E-state index contributed by atoms with van der Waals surface area (Å²) < 4.78 is 26.1. The van der Waals surface area contributed by atoms with E-state index >= 15 is 0 Å². The van der Waals surface area contributed by atoms with Gasteiger partial charge < -0.3 is 5.32 Å². The van der Waals surface area contributed by atoms with Gasteiger partial charge in [0.2, 0.25) is 10.0 Å². The summed E-state index contributed by atoms with van der Waals surface area (Å²) in [5.41, 5.74) is 0. The molecule has 0 saturated carbocycles. The zero-order valence-corrected chi connectivity index (χ0v) is 11.5. The van der Waals surface area contributed by atoms with E-state index in [0.29, 0.717) is 11.4 Å². The highest BCUT2D eigenvalue weighted by molar-refractivity contribution is 7.89. The van der Waals surface area contributed by atoms with Gasteiger partial charge in [-0.3, -0.25) is 0 Å². The summed E-state index contributed by atoms with van der Waals surface area (Å²) in [5, 5.41) is 3.37. The first-order valence-corrected chi connectivity index (χ1v) is 7.79. The molecule has 1 N–H and O–H groups in total. The number of sulfonamides is 1. The molecule has 1 unspecified atom stereocenters. The minimum atomic E-state index is -3.35. The van der Waals surface area contributed by atoms with Crippen molar-refractivity contribution in [2.75, 3.05) is 20.1 Å². The van der Waals surface area contributed by atoms with Crippen LogP contribution in [0.4, 0.5) is 0 Å². The van der Waals surface area contributed by atoms with Crippen LogP contribution in [0.15, 0.2) is 35.2 Å². The van der Waals surface area contributed by atoms with Crippen LogP contribution >= 0.6 is 0 Å². The van der Waals surface area contributed by atoms with Gasteiger partial charge in [0.25, 0.3) is 0 Å². The lowest BCUT2D eigenvalue weighted by Crippen LogP contribution is -2.44. The SMILES string of the molecule is CN(CC1CCCCN1)S(=O)(=O)c1ccccc1. The van der Waals surface area contributed by atoms with Crippen molar-refractivity contribution in [3.8, 4) is 0 Å². The average molecular weight is 268 g/mol. The van der Waals surface area contributed by atoms with Crippen LogP contribution in [0, 0.1) is 0 Å². The van der Waals surface area contributed by atoms with Crippen molar-refractivity contribution in [2.24, 2.45) is 0 Å². The van der Waals surface area contributed by atoms with E-state index in [1.165, 1.54) is 17.1 Å². The van der Waals surface area contributed by atoms with Gasteiger partial charge in [-0.15, -0.1) is 0 Å². The van der Waals surface area contributed by atoms with Gasteiger partial charge in [-0.1, -0.05) is 24.6 Å². The van der Waals surface area contributed by atoms with Gasteiger partial charge in [0.1, 0.15) is 0 Å². The summed E-state index contributed by atoms with van der Waals surface area (Å²) in [7, 11) is -1.69. The van der Waals surface area contributed by atoms with Crippen molar-refractivity contribution in [3.05, 3.63) is 30.3 Å². The Kier molecular flexibility index (Phi) is 4.37. The number of hydrogen-bond acceptors (Lipinski definition) is 3. The van der Waals surface area contributed by atoms with Gasteiger partial charge in [0.05, 0.1) is 4.90 Å². The van der Waals surface area contributed by atoms with Crippen LogP contribution in [0.3, 0.4) is 0 Å². The van der Waals surface area contributed by atoms with Gasteiger partial charge in [0.15, 0.2) is 0 Å². The Hall–Kier alpha value is -0.910. The maximum atomic E-state index is 12.3. The Labute approximate surface area is 109 Å². The second-order valence-corrected chi connectivity index (χ2v) is 6.79. The number of benzene rings is 1. The highest BCUT2D eigenvalue weighted by Crippen LogP contribution is 2.15. The number of hydrogen-bond donors (Lipinski definition) is 1. The number of nitrogens with one attached hydrogen (secondary N) is 1. The predicted molar refractivity (Wildman–Crippen MR) is 71.9 cm³/mol. The van der Waals surface area contributed by atoms with Crippen LogP contribution in [-0.4, -0.2) is 38.9 Å². The molecular formula is C13H20N2O2S. The van der Waals surface area contributed by atoms with Crippen molar-refractivity contribution in [1.82, 2.24) is 9.62 Å². The fourth-order valence-electron chi connectivity index (χ4n) is 2.26. The average Bonchev–Trinajstić information content (AvgIpc) is 2.41. The molecular weight excluding hydrogens is 248 g/mol. The van der Waals surface area contributed by atoms with Crippen LogP contribution in [0.2, 0.25) is 0 Å². The quantitative estimate of drug-likeness (QED) is 0.899. The molecule has 4 nitrogen and oxygen atoms in total. The summed E-state index contributed by atoms with van der Waals surface area (Å²) in [4.78, 5) is 0.364. The van der Waals surface area contributed by atoms with Gasteiger partial charge in [0, 0.05) is 19.6 Å². The van der Waals surface area contributed by atoms with Crippen molar-refractivity contribution in [2.45, 2.75) is 30.2 Å². The van der Waals surface area contributed by atoms with Gasteiger partial charge in [-0.2, -0.15) is 4.31 Å². The highest BCUT2D eigenvalue weighted by atomic mass is 32.2. The van der Waals surface area contributed by atoms with Crippen LogP contribution in [-0.2, 0) is 10.0 Å². The van der Waals surface area contributed by atoms with Crippen molar-refractivity contribution in [1.29, 1.82) is 0 Å². The Bertz CT molecular complexity index is 467. The molecule has 1 saturated heterocycles. The van der Waals surface area contributed by atoms with Gasteiger partial charge >= 0.3 is 0 Å². The first-order chi connectivity index (χ1) is 8.60. The number of likely N-dealkylation sites (N-methyl/N-ethyl adjacent to an activating group) is 1. The molecule has 0 radical (unpaired) electrons. The second-order valence-electron chi connectivity index (χ2n) is 4.75. The van der Waals surface area contributed by atoms with Crippen LogP contribution in [0.1, 0.15) is 19.3 Å². The minimum absolute atomic E-state index is 0.280. The zero-order chi connectivity index (χ0) is 13.0. The molecule has 2 rings (SSSR count). The molecule has 0 aliphatic carbocycles. The van der Waals surface area contributed by atoms with E-state index in [1.807, 2.05) is 6.07 Å². The first kappa shape index (κ1) is 13.5. The summed E-state index contributed by atoms with van der Waals surface area (Å²) in [6.07, 6.45) is 3.41. The van der Waals surface area contributed by atoms with E-state index in [-0.39, 0.29) is 6.04 Å². The highest BCUT2D eigenvalue weighted by Gasteiger charge is 2.24. The number of nitrogens with zero attached hydrogens (tertiary/aromatic N) is 1. The smallest absolute Gasteiger partial charge is 0.242 e. The molecule has 5 heteroatoms. The van der Waals surface area contributed by atoms with Crippen molar-refractivity contribution >= 4 is 10.0 Å². The van der Waals surface area contributed by atoms with E-state index in [2.05, 4.69) is 5.32 Å². The van der Waals surface area contributed by atoms with E-state index < -0.39 is 10.0 Å². The van der Waals surface area contributed by atoms with Crippen LogP contribution in [0.25, 0.3) is 0 Å². The molecule has 0 amide bonds. The van der Waals surface area contributed by atoms with E-state index in [0.717, 1.165) is 13.0 Å². The third-order valence-electron chi connectivity index (χ3n) is 3.34. The normalized spacial score (nSPS) is 21.1. The summed E-state index contributed by atoms with van der Waals surface area (Å²) in [5.74, 6) is 0. The predicted octanol–water partition coefficient (Wildman–Crippen LogP) is 1.45. The van der Waals surface area contributed by atoms with E-state index in [1.54, 1.807) is 31.3 Å². The Balaban J connectivity index is 2.05. The standard InChI is InChI=1S/C13H20N2O2S/c1-15(11-12-7-5-6-10-14-12)18(16,17)13-8-3-2-4-9-13/h2-4,8-9,12,14H,5-7,10-11H2,1H3. The summed E-state index contributed by atoms with van der Waals surface area (Å²) in [6, 6.07) is 8.88. The number of rotatable bonds is 4. The largest absolute Gasteiger partial charge is 0.313 e. The molecule has 1 aromatic rings. The molecule has 1 atom stereocenters. The lowest BCUT2D eigenvalue weighted by molar-refractivity contribution is 0.337. The third kappa shape index (κ3) is 3.10. The van der Waals surface area contributed by atoms with E-state index in [4.69, 9.17) is 0 Å². The van der Waals surface area contributed by atoms with Crippen molar-refractivity contribution in [3.63, 3.8) is 0 Å². The minimum Gasteiger partial charge on any atom is -0.313 e.